The molecule has 0 saturated heterocycles. The molecule has 104 valence electrons. The van der Waals surface area contributed by atoms with Crippen LogP contribution in [-0.4, -0.2) is 0 Å². The van der Waals surface area contributed by atoms with Crippen LogP contribution in [0.4, 0.5) is 0 Å². The van der Waals surface area contributed by atoms with Crippen molar-refractivity contribution in [3.63, 3.8) is 0 Å². The molecule has 0 aromatic heterocycles. The number of allylic oxidation sites excluding steroid dienone is 4. The standard InChI is InChI=1S/C6H12.C6H14.C5H10/c1-4-5-6(2)3;1-3-5-6-4-2;1-3-5-4-2/h5H,4H2,1-3H3;3-6H2,1-2H3;3,5H,4H2,1-2H3. The topological polar surface area (TPSA) is 0 Å². The smallest absolute Gasteiger partial charge is 0.0377 e. The summed E-state index contributed by atoms with van der Waals surface area (Å²) >= 11 is 0. The fraction of sp³-hybridized carbons (Fsp3) is 0.765. The average Bonchev–Trinajstić information content (AvgIpc) is 2.29. The first kappa shape index (κ1) is 21.7. The van der Waals surface area contributed by atoms with E-state index in [-0.39, 0.29) is 0 Å². The zero-order valence-corrected chi connectivity index (χ0v) is 13.5. The summed E-state index contributed by atoms with van der Waals surface area (Å²) in [5.41, 5.74) is 1.41. The van der Waals surface area contributed by atoms with Gasteiger partial charge in [0.2, 0.25) is 0 Å². The maximum absolute atomic E-state index is 2.23. The third-order valence-electron chi connectivity index (χ3n) is 2.04. The first-order valence-electron chi connectivity index (χ1n) is 7.34. The summed E-state index contributed by atoms with van der Waals surface area (Å²) in [6, 6.07) is 0. The zero-order chi connectivity index (χ0) is 13.9. The van der Waals surface area contributed by atoms with E-state index in [9.17, 15) is 0 Å². The van der Waals surface area contributed by atoms with Crippen LogP contribution in [0.15, 0.2) is 23.8 Å². The maximum atomic E-state index is 2.23. The lowest BCUT2D eigenvalue weighted by molar-refractivity contribution is 0.702. The minimum atomic E-state index is 1.16. The van der Waals surface area contributed by atoms with Crippen LogP contribution in [0.5, 0.6) is 0 Å². The van der Waals surface area contributed by atoms with Gasteiger partial charge in [0.25, 0.3) is 0 Å². The molecule has 0 atom stereocenters. The molecule has 0 saturated carbocycles. The largest absolute Gasteiger partial charge is 0.0917 e. The van der Waals surface area contributed by atoms with E-state index in [4.69, 9.17) is 0 Å². The van der Waals surface area contributed by atoms with E-state index in [1.54, 1.807) is 0 Å². The third kappa shape index (κ3) is 50.3. The van der Waals surface area contributed by atoms with Gasteiger partial charge < -0.3 is 0 Å². The van der Waals surface area contributed by atoms with Crippen LogP contribution in [0.2, 0.25) is 0 Å². The minimum absolute atomic E-state index is 1.16. The van der Waals surface area contributed by atoms with Crippen LogP contribution in [-0.2, 0) is 0 Å². The van der Waals surface area contributed by atoms with Gasteiger partial charge in [-0.25, -0.2) is 0 Å². The number of rotatable bonds is 5. The summed E-state index contributed by atoms with van der Waals surface area (Å²) < 4.78 is 0. The van der Waals surface area contributed by atoms with E-state index >= 15 is 0 Å². The second-order valence-electron chi connectivity index (χ2n) is 4.37. The van der Waals surface area contributed by atoms with Crippen LogP contribution in [0.1, 0.15) is 87.0 Å². The minimum Gasteiger partial charge on any atom is -0.0917 e. The normalized spacial score (nSPS) is 8.88. The van der Waals surface area contributed by atoms with Gasteiger partial charge in [0, 0.05) is 0 Å². The van der Waals surface area contributed by atoms with Gasteiger partial charge in [0.15, 0.2) is 0 Å². The van der Waals surface area contributed by atoms with Gasteiger partial charge in [0.1, 0.15) is 0 Å². The Balaban J connectivity index is -0.000000174. The molecule has 0 radical (unpaired) electrons. The van der Waals surface area contributed by atoms with Crippen LogP contribution in [0.25, 0.3) is 0 Å². The monoisotopic (exact) mass is 240 g/mol. The summed E-state index contributed by atoms with van der Waals surface area (Å²) in [7, 11) is 0. The Hall–Kier alpha value is -0.520. The summed E-state index contributed by atoms with van der Waals surface area (Å²) in [6.07, 6.45) is 14.3. The molecule has 0 aliphatic carbocycles. The molecule has 0 aromatic carbocycles. The van der Waals surface area contributed by atoms with Crippen LogP contribution >= 0.6 is 0 Å². The lowest BCUT2D eigenvalue weighted by Gasteiger charge is -1.86. The molecule has 0 N–H and O–H groups in total. The van der Waals surface area contributed by atoms with Gasteiger partial charge in [-0.05, 0) is 33.6 Å². The van der Waals surface area contributed by atoms with Gasteiger partial charge in [-0.3, -0.25) is 0 Å². The van der Waals surface area contributed by atoms with Crippen molar-refractivity contribution in [1.82, 2.24) is 0 Å². The fourth-order valence-corrected chi connectivity index (χ4v) is 1.14. The van der Waals surface area contributed by atoms with Crippen molar-refractivity contribution in [3.05, 3.63) is 23.8 Å². The van der Waals surface area contributed by atoms with Crippen LogP contribution in [0, 0.1) is 0 Å². The Bertz CT molecular complexity index is 143. The molecule has 0 rings (SSSR count). The van der Waals surface area contributed by atoms with Crippen molar-refractivity contribution < 1.29 is 0 Å². The SMILES string of the molecule is CC=CCC.CCC=C(C)C.CCCCCC. The Labute approximate surface area is 111 Å². The highest BCUT2D eigenvalue weighted by molar-refractivity contribution is 4.91. The molecule has 0 heteroatoms. The molecule has 0 fully saturated rings. The zero-order valence-electron chi connectivity index (χ0n) is 13.5. The highest BCUT2D eigenvalue weighted by Crippen LogP contribution is 1.95. The molecular formula is C17H36. The van der Waals surface area contributed by atoms with Crippen molar-refractivity contribution in [1.29, 1.82) is 0 Å². The first-order valence-corrected chi connectivity index (χ1v) is 7.34. The molecule has 0 bridgehead atoms. The molecule has 0 amide bonds. The summed E-state index contributed by atoms with van der Waals surface area (Å²) in [6.45, 7) is 15.0. The van der Waals surface area contributed by atoms with Gasteiger partial charge in [-0.2, -0.15) is 0 Å². The molecule has 17 heavy (non-hydrogen) atoms. The quantitative estimate of drug-likeness (QED) is 0.361. The molecule has 0 aliphatic heterocycles. The van der Waals surface area contributed by atoms with Crippen LogP contribution < -0.4 is 0 Å². The fourth-order valence-electron chi connectivity index (χ4n) is 1.14. The van der Waals surface area contributed by atoms with E-state index in [0.29, 0.717) is 0 Å². The Morgan fingerprint density at radius 2 is 1.29 bits per heavy atom. The molecule has 0 spiro atoms. The molecule has 0 aliphatic rings. The van der Waals surface area contributed by atoms with Crippen LogP contribution in [0.3, 0.4) is 0 Å². The highest BCUT2D eigenvalue weighted by Gasteiger charge is 1.75. The van der Waals surface area contributed by atoms with Crippen molar-refractivity contribution in [2.75, 3.05) is 0 Å². The number of hydrogen-bond donors (Lipinski definition) is 0. The summed E-state index contributed by atoms with van der Waals surface area (Å²) in [5, 5.41) is 0. The summed E-state index contributed by atoms with van der Waals surface area (Å²) in [4.78, 5) is 0. The lowest BCUT2D eigenvalue weighted by atomic mass is 10.2. The Kier molecular flexibility index (Phi) is 31.5. The van der Waals surface area contributed by atoms with E-state index in [1.807, 2.05) is 6.92 Å². The number of hydrogen-bond acceptors (Lipinski definition) is 0. The van der Waals surface area contributed by atoms with Crippen molar-refractivity contribution in [2.45, 2.75) is 87.0 Å². The third-order valence-corrected chi connectivity index (χ3v) is 2.04. The predicted octanol–water partition coefficient (Wildman–Crippen LogP) is 6.92. The molecule has 0 aromatic rings. The molecule has 0 heterocycles. The second kappa shape index (κ2) is 24.6. The molecular weight excluding hydrogens is 204 g/mol. The Morgan fingerprint density at radius 1 is 0.824 bits per heavy atom. The highest BCUT2D eigenvalue weighted by atomic mass is 13.8. The number of unbranched alkanes of at least 4 members (excludes halogenated alkanes) is 3. The second-order valence-corrected chi connectivity index (χ2v) is 4.37. The van der Waals surface area contributed by atoms with E-state index in [1.165, 1.54) is 37.7 Å². The first-order chi connectivity index (χ1) is 8.10. The van der Waals surface area contributed by atoms with Crippen molar-refractivity contribution in [2.24, 2.45) is 0 Å². The molecule has 0 unspecified atom stereocenters. The van der Waals surface area contributed by atoms with Crippen molar-refractivity contribution in [3.8, 4) is 0 Å². The summed E-state index contributed by atoms with van der Waals surface area (Å²) in [5.74, 6) is 0. The van der Waals surface area contributed by atoms with Gasteiger partial charge in [-0.1, -0.05) is 77.2 Å². The van der Waals surface area contributed by atoms with Crippen molar-refractivity contribution >= 4 is 0 Å². The Morgan fingerprint density at radius 3 is 1.35 bits per heavy atom. The van der Waals surface area contributed by atoms with E-state index in [2.05, 4.69) is 59.8 Å². The van der Waals surface area contributed by atoms with Gasteiger partial charge >= 0.3 is 0 Å². The van der Waals surface area contributed by atoms with E-state index < -0.39 is 0 Å². The molecule has 0 nitrogen and oxygen atoms in total. The lowest BCUT2D eigenvalue weighted by Crippen LogP contribution is -1.66. The van der Waals surface area contributed by atoms with Gasteiger partial charge in [-0.15, -0.1) is 0 Å². The van der Waals surface area contributed by atoms with Gasteiger partial charge in [0.05, 0.1) is 0 Å². The predicted molar refractivity (Wildman–Crippen MR) is 84.6 cm³/mol. The van der Waals surface area contributed by atoms with E-state index in [0.717, 1.165) is 6.42 Å². The maximum Gasteiger partial charge on any atom is -0.0377 e. The average molecular weight is 240 g/mol.